The molecule has 1 atom stereocenters. The zero-order valence-corrected chi connectivity index (χ0v) is 20.5. The molecule has 2 aliphatic rings. The van der Waals surface area contributed by atoms with E-state index < -0.39 is 11.7 Å². The third kappa shape index (κ3) is 5.33. The van der Waals surface area contributed by atoms with Crippen LogP contribution in [0.1, 0.15) is 48.2 Å². The highest BCUT2D eigenvalue weighted by atomic mass is 19.3. The minimum atomic E-state index is -2.88. The van der Waals surface area contributed by atoms with Crippen molar-refractivity contribution in [3.63, 3.8) is 0 Å². The normalized spacial score (nSPS) is 18.6. The summed E-state index contributed by atoms with van der Waals surface area (Å²) in [7, 11) is 0. The largest absolute Gasteiger partial charge is 0.378 e. The van der Waals surface area contributed by atoms with Crippen LogP contribution in [0.5, 0.6) is 0 Å². The van der Waals surface area contributed by atoms with E-state index in [9.17, 15) is 8.78 Å². The summed E-state index contributed by atoms with van der Waals surface area (Å²) in [6, 6.07) is 14.6. The minimum absolute atomic E-state index is 0.0238. The number of morpholine rings is 1. The van der Waals surface area contributed by atoms with Crippen LogP contribution in [0.2, 0.25) is 0 Å². The molecule has 5 nitrogen and oxygen atoms in total. The summed E-state index contributed by atoms with van der Waals surface area (Å²) in [5.41, 5.74) is 3.56. The highest BCUT2D eigenvalue weighted by Crippen LogP contribution is 2.37. The smallest absolute Gasteiger partial charge is 0.270 e. The molecule has 0 spiro atoms. The molecular formula is C28H31F3N4O. The molecule has 3 heterocycles. The SMILES string of the molecule is CC(F)(F)c1ccc(C2CCCN2c2ncnc(CCc3ccc(N4CCOCC4)cc3)c2F)cc1. The fourth-order valence-corrected chi connectivity index (χ4v) is 5.09. The van der Waals surface area contributed by atoms with Crippen LogP contribution in [-0.2, 0) is 23.5 Å². The van der Waals surface area contributed by atoms with Gasteiger partial charge < -0.3 is 14.5 Å². The monoisotopic (exact) mass is 496 g/mol. The van der Waals surface area contributed by atoms with Gasteiger partial charge in [-0.1, -0.05) is 36.4 Å². The number of rotatable bonds is 7. The van der Waals surface area contributed by atoms with Crippen LogP contribution in [0, 0.1) is 5.82 Å². The fraction of sp³-hybridized carbons (Fsp3) is 0.429. The third-order valence-electron chi connectivity index (χ3n) is 7.13. The lowest BCUT2D eigenvalue weighted by atomic mass is 10.0. The van der Waals surface area contributed by atoms with E-state index >= 15 is 4.39 Å². The molecule has 190 valence electrons. The van der Waals surface area contributed by atoms with Gasteiger partial charge in [0.15, 0.2) is 11.6 Å². The second kappa shape index (κ2) is 10.5. The third-order valence-corrected chi connectivity index (χ3v) is 7.13. The molecule has 36 heavy (non-hydrogen) atoms. The summed E-state index contributed by atoms with van der Waals surface area (Å²) in [5.74, 6) is -2.99. The second-order valence-electron chi connectivity index (χ2n) is 9.59. The quantitative estimate of drug-likeness (QED) is 0.420. The first-order chi connectivity index (χ1) is 17.4. The number of aromatic nitrogens is 2. The number of alkyl halides is 2. The van der Waals surface area contributed by atoms with Gasteiger partial charge >= 0.3 is 0 Å². The number of hydrogen-bond donors (Lipinski definition) is 0. The van der Waals surface area contributed by atoms with Crippen molar-refractivity contribution in [1.29, 1.82) is 0 Å². The van der Waals surface area contributed by atoms with Crippen LogP contribution in [0.3, 0.4) is 0 Å². The number of halogens is 3. The lowest BCUT2D eigenvalue weighted by molar-refractivity contribution is 0.0174. The van der Waals surface area contributed by atoms with Gasteiger partial charge in [-0.15, -0.1) is 0 Å². The first kappa shape index (κ1) is 24.6. The summed E-state index contributed by atoms with van der Waals surface area (Å²) in [4.78, 5) is 12.8. The average molecular weight is 497 g/mol. The molecule has 3 aromatic rings. The van der Waals surface area contributed by atoms with E-state index in [4.69, 9.17) is 4.74 Å². The van der Waals surface area contributed by atoms with Crippen molar-refractivity contribution in [3.8, 4) is 0 Å². The van der Waals surface area contributed by atoms with Crippen LogP contribution in [-0.4, -0.2) is 42.8 Å². The van der Waals surface area contributed by atoms with Gasteiger partial charge in [-0.3, -0.25) is 0 Å². The lowest BCUT2D eigenvalue weighted by Gasteiger charge is -2.29. The van der Waals surface area contributed by atoms with Gasteiger partial charge in [-0.2, -0.15) is 0 Å². The van der Waals surface area contributed by atoms with E-state index in [1.807, 2.05) is 4.90 Å². The molecule has 0 bridgehead atoms. The van der Waals surface area contributed by atoms with Crippen molar-refractivity contribution >= 4 is 11.5 Å². The topological polar surface area (TPSA) is 41.5 Å². The Hall–Kier alpha value is -3.13. The Bertz CT molecular complexity index is 1160. The fourth-order valence-electron chi connectivity index (χ4n) is 5.09. The molecule has 0 radical (unpaired) electrons. The summed E-state index contributed by atoms with van der Waals surface area (Å²) >= 11 is 0. The summed E-state index contributed by atoms with van der Waals surface area (Å²) in [6.45, 7) is 4.82. The molecule has 1 aromatic heterocycles. The Kier molecular flexibility index (Phi) is 7.14. The van der Waals surface area contributed by atoms with Crippen molar-refractivity contribution in [1.82, 2.24) is 9.97 Å². The van der Waals surface area contributed by atoms with E-state index in [1.165, 1.54) is 24.1 Å². The number of anilines is 2. The molecule has 5 rings (SSSR count). The zero-order chi connectivity index (χ0) is 25.1. The maximum Gasteiger partial charge on any atom is 0.270 e. The molecule has 2 saturated heterocycles. The molecule has 2 fully saturated rings. The first-order valence-corrected chi connectivity index (χ1v) is 12.6. The van der Waals surface area contributed by atoms with Crippen molar-refractivity contribution in [3.05, 3.63) is 83.1 Å². The Morgan fingerprint density at radius 3 is 2.36 bits per heavy atom. The molecule has 1 unspecified atom stereocenters. The molecule has 0 amide bonds. The molecule has 0 saturated carbocycles. The highest BCUT2D eigenvalue weighted by molar-refractivity contribution is 5.49. The van der Waals surface area contributed by atoms with E-state index in [-0.39, 0.29) is 17.4 Å². The number of nitrogens with zero attached hydrogens (tertiary/aromatic N) is 4. The van der Waals surface area contributed by atoms with E-state index in [2.05, 4.69) is 39.1 Å². The number of ether oxygens (including phenoxy) is 1. The van der Waals surface area contributed by atoms with Crippen LogP contribution in [0.4, 0.5) is 24.7 Å². The Labute approximate surface area is 209 Å². The zero-order valence-electron chi connectivity index (χ0n) is 20.5. The Morgan fingerprint density at radius 1 is 0.944 bits per heavy atom. The Morgan fingerprint density at radius 2 is 1.67 bits per heavy atom. The molecule has 2 aliphatic heterocycles. The van der Waals surface area contributed by atoms with Crippen molar-refractivity contribution < 1.29 is 17.9 Å². The van der Waals surface area contributed by atoms with Crippen LogP contribution in [0.15, 0.2) is 54.9 Å². The maximum absolute atomic E-state index is 15.6. The highest BCUT2D eigenvalue weighted by Gasteiger charge is 2.31. The van der Waals surface area contributed by atoms with E-state index in [1.54, 1.807) is 12.1 Å². The first-order valence-electron chi connectivity index (χ1n) is 12.6. The standard InChI is InChI=1S/C28H31F3N4O/c1-28(30,31)22-9-7-21(8-10-22)25-3-2-14-35(25)27-26(29)24(32-19-33-27)13-6-20-4-11-23(12-5-20)34-15-17-36-18-16-34/h4-5,7-12,19,25H,2-3,6,13-18H2,1H3. The van der Waals surface area contributed by atoms with Gasteiger partial charge in [-0.05, 0) is 48.9 Å². The predicted octanol–water partition coefficient (Wildman–Crippen LogP) is 5.69. The number of hydrogen-bond acceptors (Lipinski definition) is 5. The van der Waals surface area contributed by atoms with Crippen molar-refractivity contribution in [2.24, 2.45) is 0 Å². The van der Waals surface area contributed by atoms with Gasteiger partial charge in [0, 0.05) is 37.8 Å². The molecule has 8 heteroatoms. The van der Waals surface area contributed by atoms with Gasteiger partial charge in [-0.25, -0.2) is 23.1 Å². The van der Waals surface area contributed by atoms with Gasteiger partial charge in [0.25, 0.3) is 5.92 Å². The maximum atomic E-state index is 15.6. The summed E-state index contributed by atoms with van der Waals surface area (Å²) in [5, 5.41) is 0. The average Bonchev–Trinajstić information content (AvgIpc) is 3.38. The molecule has 2 aromatic carbocycles. The summed E-state index contributed by atoms with van der Waals surface area (Å²) in [6.07, 6.45) is 4.26. The van der Waals surface area contributed by atoms with Crippen LogP contribution in [0.25, 0.3) is 0 Å². The van der Waals surface area contributed by atoms with Crippen molar-refractivity contribution in [2.75, 3.05) is 42.6 Å². The molecular weight excluding hydrogens is 465 g/mol. The van der Waals surface area contributed by atoms with Gasteiger partial charge in [0.1, 0.15) is 6.33 Å². The minimum Gasteiger partial charge on any atom is -0.378 e. The number of aryl methyl sites for hydroxylation is 2. The lowest BCUT2D eigenvalue weighted by Crippen LogP contribution is -2.36. The van der Waals surface area contributed by atoms with Gasteiger partial charge in [0.2, 0.25) is 0 Å². The Balaban J connectivity index is 1.28. The van der Waals surface area contributed by atoms with Crippen LogP contribution >= 0.6 is 0 Å². The molecule has 0 N–H and O–H groups in total. The van der Waals surface area contributed by atoms with Crippen LogP contribution < -0.4 is 9.80 Å². The van der Waals surface area contributed by atoms with Gasteiger partial charge in [0.05, 0.1) is 24.9 Å². The second-order valence-corrected chi connectivity index (χ2v) is 9.59. The number of benzene rings is 2. The van der Waals surface area contributed by atoms with E-state index in [0.29, 0.717) is 25.1 Å². The predicted molar refractivity (Wildman–Crippen MR) is 134 cm³/mol. The van der Waals surface area contributed by atoms with E-state index in [0.717, 1.165) is 57.2 Å². The molecule has 0 aliphatic carbocycles. The van der Waals surface area contributed by atoms with Crippen molar-refractivity contribution in [2.45, 2.75) is 44.6 Å². The summed E-state index contributed by atoms with van der Waals surface area (Å²) < 4.78 is 48.2.